The molecule has 20 heavy (non-hydrogen) atoms. The van der Waals surface area contributed by atoms with Crippen molar-refractivity contribution in [2.45, 2.75) is 38.0 Å². The first-order valence-corrected chi connectivity index (χ1v) is 6.95. The molecule has 0 atom stereocenters. The minimum absolute atomic E-state index is 0.333. The molecule has 2 aromatic rings. The number of hydrogen-bond acceptors (Lipinski definition) is 1. The van der Waals surface area contributed by atoms with Crippen LogP contribution < -0.4 is 0 Å². The second-order valence-electron chi connectivity index (χ2n) is 5.87. The average Bonchev–Trinajstić information content (AvgIpc) is 2.96. The highest BCUT2D eigenvalue weighted by Gasteiger charge is 2.43. The lowest BCUT2D eigenvalue weighted by Crippen LogP contribution is -2.32. The fourth-order valence-electron chi connectivity index (χ4n) is 3.56. The maximum atomic E-state index is 14.4. The molecule has 3 rings (SSSR count). The minimum Gasteiger partial charge on any atom is -0.481 e. The van der Waals surface area contributed by atoms with Gasteiger partial charge in [0.05, 0.1) is 10.9 Å². The first-order valence-electron chi connectivity index (χ1n) is 6.95. The largest absolute Gasteiger partial charge is 0.481 e. The van der Waals surface area contributed by atoms with Gasteiger partial charge in [-0.05, 0) is 43.0 Å². The van der Waals surface area contributed by atoms with Gasteiger partial charge in [0.25, 0.3) is 0 Å². The number of carboxylic acid groups (broad SMARTS) is 1. The third-order valence-corrected chi connectivity index (χ3v) is 4.65. The smallest absolute Gasteiger partial charge is 0.314 e. The summed E-state index contributed by atoms with van der Waals surface area (Å²) in [6, 6.07) is 3.29. The van der Waals surface area contributed by atoms with Crippen molar-refractivity contribution >= 4 is 16.9 Å². The van der Waals surface area contributed by atoms with E-state index < -0.39 is 11.4 Å². The summed E-state index contributed by atoms with van der Waals surface area (Å²) in [5.74, 6) is -1.16. The van der Waals surface area contributed by atoms with Gasteiger partial charge >= 0.3 is 5.97 Å². The van der Waals surface area contributed by atoms with Gasteiger partial charge in [0.15, 0.2) is 0 Å². The van der Waals surface area contributed by atoms with Crippen LogP contribution in [0.5, 0.6) is 0 Å². The second kappa shape index (κ2) is 4.33. The predicted molar refractivity (Wildman–Crippen MR) is 75.4 cm³/mol. The topological polar surface area (TPSA) is 42.2 Å². The van der Waals surface area contributed by atoms with Gasteiger partial charge in [0.2, 0.25) is 0 Å². The summed E-state index contributed by atoms with van der Waals surface area (Å²) in [4.78, 5) is 11.7. The van der Waals surface area contributed by atoms with E-state index in [0.29, 0.717) is 23.9 Å². The van der Waals surface area contributed by atoms with Crippen LogP contribution in [0.2, 0.25) is 0 Å². The quantitative estimate of drug-likeness (QED) is 0.911. The summed E-state index contributed by atoms with van der Waals surface area (Å²) in [6.45, 7) is 1.92. The van der Waals surface area contributed by atoms with Gasteiger partial charge in [-0.1, -0.05) is 12.8 Å². The molecule has 1 aliphatic rings. The van der Waals surface area contributed by atoms with Crippen LogP contribution in [0.4, 0.5) is 4.39 Å². The number of carbonyl (C=O) groups is 1. The molecule has 1 fully saturated rings. The summed E-state index contributed by atoms with van der Waals surface area (Å²) >= 11 is 0. The van der Waals surface area contributed by atoms with E-state index in [1.807, 2.05) is 19.2 Å². The van der Waals surface area contributed by atoms with Crippen molar-refractivity contribution in [1.82, 2.24) is 4.57 Å². The van der Waals surface area contributed by atoms with Crippen molar-refractivity contribution in [2.24, 2.45) is 7.05 Å². The number of carboxylic acids is 1. The zero-order valence-electron chi connectivity index (χ0n) is 11.7. The van der Waals surface area contributed by atoms with E-state index in [2.05, 4.69) is 0 Å². The Kier molecular flexibility index (Phi) is 2.85. The first-order chi connectivity index (χ1) is 9.45. The molecule has 1 heterocycles. The normalized spacial score (nSPS) is 17.8. The molecule has 1 N–H and O–H groups in total. The van der Waals surface area contributed by atoms with Gasteiger partial charge in [-0.15, -0.1) is 0 Å². The van der Waals surface area contributed by atoms with Crippen molar-refractivity contribution < 1.29 is 14.3 Å². The summed E-state index contributed by atoms with van der Waals surface area (Å²) in [5, 5.41) is 10.4. The highest BCUT2D eigenvalue weighted by Crippen LogP contribution is 2.43. The standard InChI is InChI=1S/C16H18FNO2/c1-10-9-18(2)14-12(10)7-11(8-13(14)17)16(15(19)20)5-3-4-6-16/h7-9H,3-6H2,1-2H3,(H,19,20). The number of aliphatic carboxylic acids is 1. The molecule has 0 spiro atoms. The van der Waals surface area contributed by atoms with E-state index in [0.717, 1.165) is 23.8 Å². The van der Waals surface area contributed by atoms with Gasteiger partial charge in [-0.2, -0.15) is 0 Å². The zero-order valence-corrected chi connectivity index (χ0v) is 11.7. The molecule has 0 unspecified atom stereocenters. The zero-order chi connectivity index (χ0) is 14.5. The van der Waals surface area contributed by atoms with E-state index in [4.69, 9.17) is 0 Å². The van der Waals surface area contributed by atoms with Crippen molar-refractivity contribution in [3.8, 4) is 0 Å². The summed E-state index contributed by atoms with van der Waals surface area (Å²) < 4.78 is 16.1. The maximum Gasteiger partial charge on any atom is 0.314 e. The minimum atomic E-state index is -0.905. The lowest BCUT2D eigenvalue weighted by atomic mass is 9.78. The van der Waals surface area contributed by atoms with Gasteiger partial charge in [-0.25, -0.2) is 4.39 Å². The third-order valence-electron chi connectivity index (χ3n) is 4.65. The summed E-state index contributed by atoms with van der Waals surface area (Å²) in [7, 11) is 1.81. The van der Waals surface area contributed by atoms with Crippen LogP contribution in [0.15, 0.2) is 18.3 Å². The van der Waals surface area contributed by atoms with Gasteiger partial charge in [0, 0.05) is 18.6 Å². The molecule has 0 saturated heterocycles. The highest BCUT2D eigenvalue weighted by atomic mass is 19.1. The van der Waals surface area contributed by atoms with Crippen LogP contribution in [0.3, 0.4) is 0 Å². The number of hydrogen-bond donors (Lipinski definition) is 1. The molecule has 0 amide bonds. The molecular formula is C16H18FNO2. The summed E-state index contributed by atoms with van der Waals surface area (Å²) in [5.41, 5.74) is 1.23. The molecule has 106 valence electrons. The SMILES string of the molecule is Cc1cn(C)c2c(F)cc(C3(C(=O)O)CCCC3)cc12. The first kappa shape index (κ1) is 13.2. The molecule has 0 bridgehead atoms. The summed E-state index contributed by atoms with van der Waals surface area (Å²) in [6.07, 6.45) is 4.84. The number of halogens is 1. The number of aromatic nitrogens is 1. The maximum absolute atomic E-state index is 14.4. The molecule has 1 aromatic heterocycles. The Labute approximate surface area is 117 Å². The highest BCUT2D eigenvalue weighted by molar-refractivity contribution is 5.88. The van der Waals surface area contributed by atoms with E-state index in [1.54, 1.807) is 11.6 Å². The Hall–Kier alpha value is -1.84. The molecule has 1 aromatic carbocycles. The van der Waals surface area contributed by atoms with Crippen LogP contribution >= 0.6 is 0 Å². The van der Waals surface area contributed by atoms with E-state index in [9.17, 15) is 14.3 Å². The molecule has 4 heteroatoms. The monoisotopic (exact) mass is 275 g/mol. The molecule has 1 aliphatic carbocycles. The molecule has 0 radical (unpaired) electrons. The van der Waals surface area contributed by atoms with Crippen LogP contribution in [-0.4, -0.2) is 15.6 Å². The van der Waals surface area contributed by atoms with E-state index >= 15 is 0 Å². The number of benzene rings is 1. The van der Waals surface area contributed by atoms with Crippen LogP contribution in [0.1, 0.15) is 36.8 Å². The Morgan fingerprint density at radius 2 is 2.00 bits per heavy atom. The molecular weight excluding hydrogens is 257 g/mol. The number of aryl methyl sites for hydroxylation is 2. The fraction of sp³-hybridized carbons (Fsp3) is 0.438. The number of nitrogens with zero attached hydrogens (tertiary/aromatic N) is 1. The van der Waals surface area contributed by atoms with Crippen LogP contribution in [0, 0.1) is 12.7 Å². The predicted octanol–water partition coefficient (Wildman–Crippen LogP) is 3.52. The Morgan fingerprint density at radius 1 is 1.35 bits per heavy atom. The van der Waals surface area contributed by atoms with Crippen LogP contribution in [-0.2, 0) is 17.3 Å². The van der Waals surface area contributed by atoms with Crippen molar-refractivity contribution in [2.75, 3.05) is 0 Å². The van der Waals surface area contributed by atoms with Crippen molar-refractivity contribution in [1.29, 1.82) is 0 Å². The molecule has 3 nitrogen and oxygen atoms in total. The average molecular weight is 275 g/mol. The molecule has 1 saturated carbocycles. The fourth-order valence-corrected chi connectivity index (χ4v) is 3.56. The Balaban J connectivity index is 2.27. The van der Waals surface area contributed by atoms with E-state index in [1.165, 1.54) is 6.07 Å². The van der Waals surface area contributed by atoms with Crippen molar-refractivity contribution in [3.05, 3.63) is 35.3 Å². The van der Waals surface area contributed by atoms with Crippen molar-refractivity contribution in [3.63, 3.8) is 0 Å². The van der Waals surface area contributed by atoms with Gasteiger partial charge < -0.3 is 9.67 Å². The lowest BCUT2D eigenvalue weighted by Gasteiger charge is -2.24. The van der Waals surface area contributed by atoms with E-state index in [-0.39, 0.29) is 5.82 Å². The van der Waals surface area contributed by atoms with Crippen LogP contribution in [0.25, 0.3) is 10.9 Å². The number of rotatable bonds is 2. The third kappa shape index (κ3) is 1.67. The van der Waals surface area contributed by atoms with Gasteiger partial charge in [-0.3, -0.25) is 4.79 Å². The molecule has 0 aliphatic heterocycles. The second-order valence-corrected chi connectivity index (χ2v) is 5.87. The lowest BCUT2D eigenvalue weighted by molar-refractivity contribution is -0.143. The Bertz CT molecular complexity index is 696. The Morgan fingerprint density at radius 3 is 2.60 bits per heavy atom. The number of fused-ring (bicyclic) bond motifs is 1. The van der Waals surface area contributed by atoms with Gasteiger partial charge in [0.1, 0.15) is 5.82 Å².